The van der Waals surface area contributed by atoms with E-state index in [0.717, 1.165) is 25.2 Å². The quantitative estimate of drug-likeness (QED) is 0.785. The van der Waals surface area contributed by atoms with Gasteiger partial charge in [0.2, 0.25) is 0 Å². The highest BCUT2D eigenvalue weighted by molar-refractivity contribution is 7.91. The Morgan fingerprint density at radius 2 is 2.05 bits per heavy atom. The molecule has 3 heterocycles. The van der Waals surface area contributed by atoms with Gasteiger partial charge in [-0.3, -0.25) is 9.69 Å². The van der Waals surface area contributed by atoms with Crippen LogP contribution in [-0.4, -0.2) is 72.8 Å². The second-order valence-corrected chi connectivity index (χ2v) is 8.74. The number of carbonyl (C=O) groups excluding carboxylic acids is 1. The van der Waals surface area contributed by atoms with Crippen molar-refractivity contribution in [1.82, 2.24) is 14.8 Å². The molecule has 2 fully saturated rings. The van der Waals surface area contributed by atoms with Crippen LogP contribution in [0.15, 0.2) is 5.51 Å². The molecule has 0 bridgehead atoms. The lowest BCUT2D eigenvalue weighted by molar-refractivity contribution is 0.0591. The minimum absolute atomic E-state index is 0.0497. The van der Waals surface area contributed by atoms with Crippen molar-refractivity contribution >= 4 is 27.1 Å². The summed E-state index contributed by atoms with van der Waals surface area (Å²) in [6, 6.07) is 0.136. The van der Waals surface area contributed by atoms with E-state index in [0.29, 0.717) is 23.7 Å². The number of hydrogen-bond donors (Lipinski definition) is 0. The zero-order chi connectivity index (χ0) is 15.0. The largest absolute Gasteiger partial charge is 0.335 e. The van der Waals surface area contributed by atoms with E-state index in [-0.39, 0.29) is 17.7 Å². The number of aryl methyl sites for hydroxylation is 1. The summed E-state index contributed by atoms with van der Waals surface area (Å²) in [5, 5.41) is 0. The Morgan fingerprint density at radius 3 is 2.57 bits per heavy atom. The van der Waals surface area contributed by atoms with Gasteiger partial charge in [-0.2, -0.15) is 0 Å². The molecule has 3 rings (SSSR count). The van der Waals surface area contributed by atoms with Gasteiger partial charge in [0, 0.05) is 32.2 Å². The minimum atomic E-state index is -2.84. The summed E-state index contributed by atoms with van der Waals surface area (Å²) < 4.78 is 23.1. The molecule has 1 aromatic rings. The standard InChI is InChI=1S/C13H19N3O3S2/c1-10-12(20-9-14-10)13(17)16-5-3-15(4-6-16)11-2-7-21(18,19)8-11/h9,11H,2-8H2,1H3. The van der Waals surface area contributed by atoms with Crippen LogP contribution in [0.4, 0.5) is 0 Å². The molecule has 0 aromatic carbocycles. The van der Waals surface area contributed by atoms with Crippen LogP contribution in [-0.2, 0) is 9.84 Å². The highest BCUT2D eigenvalue weighted by Crippen LogP contribution is 2.21. The maximum Gasteiger partial charge on any atom is 0.265 e. The number of nitrogens with zero attached hydrogens (tertiary/aromatic N) is 3. The third-order valence-corrected chi connectivity index (χ3v) is 6.93. The molecule has 2 aliphatic heterocycles. The van der Waals surface area contributed by atoms with Gasteiger partial charge in [-0.15, -0.1) is 11.3 Å². The molecule has 8 heteroatoms. The summed E-state index contributed by atoms with van der Waals surface area (Å²) in [4.78, 5) is 21.3. The first-order valence-electron chi connectivity index (χ1n) is 7.10. The van der Waals surface area contributed by atoms with Crippen LogP contribution >= 0.6 is 11.3 Å². The van der Waals surface area contributed by atoms with E-state index in [9.17, 15) is 13.2 Å². The van der Waals surface area contributed by atoms with Crippen LogP contribution in [0.3, 0.4) is 0 Å². The molecule has 2 saturated heterocycles. The number of carbonyl (C=O) groups is 1. The molecular formula is C13H19N3O3S2. The molecule has 1 atom stereocenters. The number of piperazine rings is 1. The van der Waals surface area contributed by atoms with Gasteiger partial charge < -0.3 is 4.90 Å². The van der Waals surface area contributed by atoms with Crippen molar-refractivity contribution in [3.8, 4) is 0 Å². The van der Waals surface area contributed by atoms with Gasteiger partial charge in [0.25, 0.3) is 5.91 Å². The smallest absolute Gasteiger partial charge is 0.265 e. The first kappa shape index (κ1) is 14.9. The van der Waals surface area contributed by atoms with Crippen LogP contribution in [0.5, 0.6) is 0 Å². The summed E-state index contributed by atoms with van der Waals surface area (Å²) in [5.41, 5.74) is 2.48. The Kier molecular flexibility index (Phi) is 4.02. The van der Waals surface area contributed by atoms with E-state index in [1.165, 1.54) is 11.3 Å². The molecule has 2 aliphatic rings. The molecular weight excluding hydrogens is 310 g/mol. The highest BCUT2D eigenvalue weighted by Gasteiger charge is 2.34. The molecule has 116 valence electrons. The first-order chi connectivity index (χ1) is 9.96. The Balaban J connectivity index is 1.58. The van der Waals surface area contributed by atoms with Crippen LogP contribution in [0, 0.1) is 6.92 Å². The minimum Gasteiger partial charge on any atom is -0.335 e. The number of thiazole rings is 1. The zero-order valence-electron chi connectivity index (χ0n) is 12.0. The average Bonchev–Trinajstić information content (AvgIpc) is 3.04. The Hall–Kier alpha value is -0.990. The van der Waals surface area contributed by atoms with E-state index in [4.69, 9.17) is 0 Å². The van der Waals surface area contributed by atoms with Gasteiger partial charge in [0.1, 0.15) is 4.88 Å². The molecule has 6 nitrogen and oxygen atoms in total. The van der Waals surface area contributed by atoms with Crippen LogP contribution in [0.2, 0.25) is 0 Å². The van der Waals surface area contributed by atoms with Crippen molar-refractivity contribution in [2.75, 3.05) is 37.7 Å². The van der Waals surface area contributed by atoms with Crippen LogP contribution < -0.4 is 0 Å². The van der Waals surface area contributed by atoms with Gasteiger partial charge in [0.15, 0.2) is 9.84 Å². The predicted octanol–water partition coefficient (Wildman–Crippen LogP) is 0.396. The summed E-state index contributed by atoms with van der Waals surface area (Å²) in [5.74, 6) is 0.625. The third kappa shape index (κ3) is 3.12. The summed E-state index contributed by atoms with van der Waals surface area (Å²) in [7, 11) is -2.84. The number of rotatable bonds is 2. The van der Waals surface area contributed by atoms with Crippen molar-refractivity contribution < 1.29 is 13.2 Å². The van der Waals surface area contributed by atoms with Crippen LogP contribution in [0.25, 0.3) is 0 Å². The number of amides is 1. The molecule has 0 N–H and O–H groups in total. The predicted molar refractivity (Wildman–Crippen MR) is 81.4 cm³/mol. The second-order valence-electron chi connectivity index (χ2n) is 5.65. The number of sulfone groups is 1. The molecule has 0 radical (unpaired) electrons. The monoisotopic (exact) mass is 329 g/mol. The van der Waals surface area contributed by atoms with Crippen molar-refractivity contribution in [2.45, 2.75) is 19.4 Å². The Morgan fingerprint density at radius 1 is 1.33 bits per heavy atom. The average molecular weight is 329 g/mol. The SMILES string of the molecule is Cc1ncsc1C(=O)N1CCN(C2CCS(=O)(=O)C2)CC1. The fourth-order valence-corrected chi connectivity index (χ4v) is 5.54. The van der Waals surface area contributed by atoms with Crippen molar-refractivity contribution in [1.29, 1.82) is 0 Å². The van der Waals surface area contributed by atoms with E-state index in [1.807, 2.05) is 11.8 Å². The van der Waals surface area contributed by atoms with Crippen molar-refractivity contribution in [3.05, 3.63) is 16.1 Å². The molecule has 1 aromatic heterocycles. The van der Waals surface area contributed by atoms with Crippen molar-refractivity contribution in [2.24, 2.45) is 0 Å². The van der Waals surface area contributed by atoms with E-state index < -0.39 is 9.84 Å². The third-order valence-electron chi connectivity index (χ3n) is 4.27. The van der Waals surface area contributed by atoms with E-state index in [2.05, 4.69) is 9.88 Å². The molecule has 0 saturated carbocycles. The van der Waals surface area contributed by atoms with Gasteiger partial charge in [-0.05, 0) is 13.3 Å². The Bertz CT molecular complexity index is 633. The van der Waals surface area contributed by atoms with Gasteiger partial charge in [-0.1, -0.05) is 0 Å². The molecule has 1 amide bonds. The van der Waals surface area contributed by atoms with Gasteiger partial charge in [-0.25, -0.2) is 13.4 Å². The maximum absolute atomic E-state index is 12.4. The van der Waals surface area contributed by atoms with E-state index in [1.54, 1.807) is 5.51 Å². The molecule has 1 unspecified atom stereocenters. The second kappa shape index (κ2) is 5.66. The topological polar surface area (TPSA) is 70.6 Å². The summed E-state index contributed by atoms with van der Waals surface area (Å²) >= 11 is 1.38. The van der Waals surface area contributed by atoms with Crippen LogP contribution in [0.1, 0.15) is 21.8 Å². The molecule has 21 heavy (non-hydrogen) atoms. The number of aromatic nitrogens is 1. The fourth-order valence-electron chi connectivity index (χ4n) is 3.00. The van der Waals surface area contributed by atoms with E-state index >= 15 is 0 Å². The highest BCUT2D eigenvalue weighted by atomic mass is 32.2. The normalized spacial score (nSPS) is 26.1. The van der Waals surface area contributed by atoms with Crippen molar-refractivity contribution in [3.63, 3.8) is 0 Å². The maximum atomic E-state index is 12.4. The zero-order valence-corrected chi connectivity index (χ0v) is 13.6. The fraction of sp³-hybridized carbons (Fsp3) is 0.692. The Labute approximate surface area is 128 Å². The lowest BCUT2D eigenvalue weighted by Gasteiger charge is -2.37. The van der Waals surface area contributed by atoms with Gasteiger partial charge in [0.05, 0.1) is 22.7 Å². The number of hydrogen-bond acceptors (Lipinski definition) is 6. The molecule has 0 spiro atoms. The first-order valence-corrected chi connectivity index (χ1v) is 9.80. The summed E-state index contributed by atoms with van der Waals surface area (Å²) in [6.07, 6.45) is 0.726. The lowest BCUT2D eigenvalue weighted by atomic mass is 10.2. The summed E-state index contributed by atoms with van der Waals surface area (Å²) in [6.45, 7) is 4.68. The lowest BCUT2D eigenvalue weighted by Crippen LogP contribution is -2.52. The molecule has 0 aliphatic carbocycles. The van der Waals surface area contributed by atoms with Gasteiger partial charge >= 0.3 is 0 Å².